The highest BCUT2D eigenvalue weighted by atomic mass is 16.1. The molecule has 0 aliphatic rings. The summed E-state index contributed by atoms with van der Waals surface area (Å²) in [6.07, 6.45) is 0. The highest BCUT2D eigenvalue weighted by Gasteiger charge is 2.04. The summed E-state index contributed by atoms with van der Waals surface area (Å²) in [5.41, 5.74) is 3.19. The molecule has 0 fully saturated rings. The summed E-state index contributed by atoms with van der Waals surface area (Å²) < 4.78 is 0. The standard InChI is InChI=1S/C17H14N2O2/c1-11(20)18-13-8-6-12(7-9-13)16-10-17(21)14-4-2-3-5-15(14)19-16/h2-10H,1H3,(H,18,20)(H,19,21). The van der Waals surface area contributed by atoms with Gasteiger partial charge in [0.25, 0.3) is 0 Å². The molecular weight excluding hydrogens is 264 g/mol. The van der Waals surface area contributed by atoms with Crippen molar-refractivity contribution in [1.29, 1.82) is 0 Å². The van der Waals surface area contributed by atoms with Crippen LogP contribution >= 0.6 is 0 Å². The second kappa shape index (κ2) is 5.25. The minimum absolute atomic E-state index is 0.00899. The molecule has 0 saturated heterocycles. The van der Waals surface area contributed by atoms with E-state index in [2.05, 4.69) is 10.3 Å². The zero-order chi connectivity index (χ0) is 14.8. The fraction of sp³-hybridized carbons (Fsp3) is 0.0588. The Labute approximate surface area is 121 Å². The number of hydrogen-bond acceptors (Lipinski definition) is 2. The number of hydrogen-bond donors (Lipinski definition) is 2. The van der Waals surface area contributed by atoms with Gasteiger partial charge in [0.15, 0.2) is 5.43 Å². The Morgan fingerprint density at radius 2 is 1.76 bits per heavy atom. The lowest BCUT2D eigenvalue weighted by Gasteiger charge is -2.06. The molecule has 3 aromatic rings. The Kier molecular flexibility index (Phi) is 3.28. The molecule has 0 atom stereocenters. The van der Waals surface area contributed by atoms with Gasteiger partial charge in [0.2, 0.25) is 5.91 Å². The number of fused-ring (bicyclic) bond motifs is 1. The average Bonchev–Trinajstić information content (AvgIpc) is 2.47. The highest BCUT2D eigenvalue weighted by Crippen LogP contribution is 2.20. The largest absolute Gasteiger partial charge is 0.354 e. The summed E-state index contributed by atoms with van der Waals surface area (Å²) in [6.45, 7) is 1.47. The second-order valence-corrected chi connectivity index (χ2v) is 4.85. The van der Waals surface area contributed by atoms with E-state index in [-0.39, 0.29) is 11.3 Å². The van der Waals surface area contributed by atoms with Gasteiger partial charge in [0.1, 0.15) is 0 Å². The van der Waals surface area contributed by atoms with Crippen LogP contribution in [-0.2, 0) is 4.79 Å². The fourth-order valence-electron chi connectivity index (χ4n) is 2.29. The molecule has 0 bridgehead atoms. The van der Waals surface area contributed by atoms with Crippen molar-refractivity contribution < 1.29 is 4.79 Å². The van der Waals surface area contributed by atoms with Crippen LogP contribution in [0.2, 0.25) is 0 Å². The predicted octanol–water partition coefficient (Wildman–Crippen LogP) is 3.15. The number of carbonyl (C=O) groups is 1. The molecule has 1 amide bonds. The van der Waals surface area contributed by atoms with E-state index in [0.29, 0.717) is 5.39 Å². The van der Waals surface area contributed by atoms with Gasteiger partial charge in [-0.25, -0.2) is 0 Å². The van der Waals surface area contributed by atoms with E-state index >= 15 is 0 Å². The van der Waals surface area contributed by atoms with Crippen LogP contribution in [0.15, 0.2) is 59.4 Å². The number of benzene rings is 2. The molecular formula is C17H14N2O2. The van der Waals surface area contributed by atoms with Crippen molar-refractivity contribution in [3.63, 3.8) is 0 Å². The van der Waals surface area contributed by atoms with Gasteiger partial charge < -0.3 is 10.3 Å². The van der Waals surface area contributed by atoms with E-state index in [1.165, 1.54) is 6.92 Å². The van der Waals surface area contributed by atoms with Gasteiger partial charge in [-0.2, -0.15) is 0 Å². The average molecular weight is 278 g/mol. The Balaban J connectivity index is 2.04. The first-order valence-electron chi connectivity index (χ1n) is 6.63. The highest BCUT2D eigenvalue weighted by molar-refractivity contribution is 5.89. The summed E-state index contributed by atoms with van der Waals surface area (Å²) in [4.78, 5) is 26.4. The second-order valence-electron chi connectivity index (χ2n) is 4.85. The van der Waals surface area contributed by atoms with E-state index in [9.17, 15) is 9.59 Å². The lowest BCUT2D eigenvalue weighted by atomic mass is 10.1. The lowest BCUT2D eigenvalue weighted by Crippen LogP contribution is -2.05. The van der Waals surface area contributed by atoms with Crippen molar-refractivity contribution in [1.82, 2.24) is 4.98 Å². The Hall–Kier alpha value is -2.88. The molecule has 4 nitrogen and oxygen atoms in total. The van der Waals surface area contributed by atoms with Crippen molar-refractivity contribution in [2.75, 3.05) is 5.32 Å². The van der Waals surface area contributed by atoms with E-state index < -0.39 is 0 Å². The number of H-pyrrole nitrogens is 1. The van der Waals surface area contributed by atoms with E-state index in [4.69, 9.17) is 0 Å². The van der Waals surface area contributed by atoms with Gasteiger partial charge in [-0.3, -0.25) is 9.59 Å². The third kappa shape index (κ3) is 2.69. The van der Waals surface area contributed by atoms with Crippen LogP contribution in [0.1, 0.15) is 6.92 Å². The molecule has 0 aliphatic heterocycles. The number of rotatable bonds is 2. The van der Waals surface area contributed by atoms with Gasteiger partial charge in [-0.15, -0.1) is 0 Å². The van der Waals surface area contributed by atoms with Gasteiger partial charge in [0, 0.05) is 35.3 Å². The minimum Gasteiger partial charge on any atom is -0.354 e. The van der Waals surface area contributed by atoms with Crippen LogP contribution in [0.4, 0.5) is 5.69 Å². The van der Waals surface area contributed by atoms with Crippen LogP contribution in [0.3, 0.4) is 0 Å². The van der Waals surface area contributed by atoms with Crippen LogP contribution in [0.25, 0.3) is 22.2 Å². The number of anilines is 1. The zero-order valence-corrected chi connectivity index (χ0v) is 11.5. The number of para-hydroxylation sites is 1. The maximum atomic E-state index is 12.1. The smallest absolute Gasteiger partial charge is 0.221 e. The summed E-state index contributed by atoms with van der Waals surface area (Å²) in [5.74, 6) is -0.109. The maximum absolute atomic E-state index is 12.1. The first-order chi connectivity index (χ1) is 10.1. The molecule has 1 heterocycles. The van der Waals surface area contributed by atoms with Crippen molar-refractivity contribution >= 4 is 22.5 Å². The SMILES string of the molecule is CC(=O)Nc1ccc(-c2cc(=O)c3ccccc3[nH]2)cc1. The molecule has 1 aromatic heterocycles. The number of aromatic amines is 1. The van der Waals surface area contributed by atoms with Crippen LogP contribution in [0, 0.1) is 0 Å². The molecule has 3 rings (SSSR count). The molecule has 0 unspecified atom stereocenters. The lowest BCUT2D eigenvalue weighted by molar-refractivity contribution is -0.114. The van der Waals surface area contributed by atoms with Crippen LogP contribution in [0.5, 0.6) is 0 Å². The molecule has 0 aliphatic carbocycles. The Morgan fingerprint density at radius 1 is 1.05 bits per heavy atom. The van der Waals surface area contributed by atoms with Gasteiger partial charge in [0.05, 0.1) is 0 Å². The fourth-order valence-corrected chi connectivity index (χ4v) is 2.29. The molecule has 21 heavy (non-hydrogen) atoms. The number of amides is 1. The maximum Gasteiger partial charge on any atom is 0.221 e. The number of aromatic nitrogens is 1. The third-order valence-corrected chi connectivity index (χ3v) is 3.25. The van der Waals surface area contributed by atoms with Crippen LogP contribution in [-0.4, -0.2) is 10.9 Å². The Bertz CT molecular complexity index is 864. The van der Waals surface area contributed by atoms with Crippen molar-refractivity contribution in [3.05, 3.63) is 64.8 Å². The first kappa shape index (κ1) is 13.1. The quantitative estimate of drug-likeness (QED) is 0.756. The van der Waals surface area contributed by atoms with Crippen LogP contribution < -0.4 is 10.7 Å². The molecule has 4 heteroatoms. The monoisotopic (exact) mass is 278 g/mol. The molecule has 104 valence electrons. The van der Waals surface area contributed by atoms with Crippen molar-refractivity contribution in [2.24, 2.45) is 0 Å². The molecule has 0 saturated carbocycles. The summed E-state index contributed by atoms with van der Waals surface area (Å²) in [6, 6.07) is 16.4. The summed E-state index contributed by atoms with van der Waals surface area (Å²) in [5, 5.41) is 3.39. The van der Waals surface area contributed by atoms with E-state index in [1.54, 1.807) is 12.1 Å². The normalized spacial score (nSPS) is 10.5. The molecule has 0 spiro atoms. The number of nitrogens with one attached hydrogen (secondary N) is 2. The third-order valence-electron chi connectivity index (χ3n) is 3.25. The predicted molar refractivity (Wildman–Crippen MR) is 84.3 cm³/mol. The van der Waals surface area contributed by atoms with E-state index in [1.807, 2.05) is 42.5 Å². The first-order valence-corrected chi connectivity index (χ1v) is 6.63. The van der Waals surface area contributed by atoms with Crippen molar-refractivity contribution in [3.8, 4) is 11.3 Å². The van der Waals surface area contributed by atoms with Gasteiger partial charge >= 0.3 is 0 Å². The topological polar surface area (TPSA) is 62.0 Å². The number of carbonyl (C=O) groups excluding carboxylic acids is 1. The van der Waals surface area contributed by atoms with E-state index in [0.717, 1.165) is 22.5 Å². The molecule has 2 aromatic carbocycles. The van der Waals surface area contributed by atoms with Crippen molar-refractivity contribution in [2.45, 2.75) is 6.92 Å². The molecule has 2 N–H and O–H groups in total. The van der Waals surface area contributed by atoms with Gasteiger partial charge in [-0.1, -0.05) is 24.3 Å². The zero-order valence-electron chi connectivity index (χ0n) is 11.5. The minimum atomic E-state index is -0.109. The number of pyridine rings is 1. The Morgan fingerprint density at radius 3 is 2.48 bits per heavy atom. The summed E-state index contributed by atoms with van der Waals surface area (Å²) >= 11 is 0. The summed E-state index contributed by atoms with van der Waals surface area (Å²) in [7, 11) is 0. The molecule has 0 radical (unpaired) electrons. The van der Waals surface area contributed by atoms with Gasteiger partial charge in [-0.05, 0) is 29.8 Å².